The molecule has 2 aromatic rings. The molecule has 0 unspecified atom stereocenters. The van der Waals surface area contributed by atoms with Gasteiger partial charge in [-0.3, -0.25) is 4.72 Å². The normalized spacial score (nSPS) is 11.3. The van der Waals surface area contributed by atoms with E-state index in [1.807, 2.05) is 13.8 Å². The first kappa shape index (κ1) is 13.8. The molecule has 1 N–H and O–H groups in total. The Kier molecular flexibility index (Phi) is 4.01. The third kappa shape index (κ3) is 3.42. The van der Waals surface area contributed by atoms with Crippen molar-refractivity contribution in [2.24, 2.45) is 0 Å². The van der Waals surface area contributed by atoms with E-state index in [1.54, 1.807) is 12.1 Å². The van der Waals surface area contributed by atoms with Crippen LogP contribution in [0.4, 0.5) is 5.82 Å². The first-order valence-corrected chi connectivity index (χ1v) is 7.85. The molecule has 0 atom stereocenters. The molecule has 2 aromatic heterocycles. The quantitative estimate of drug-likeness (QED) is 0.913. The van der Waals surface area contributed by atoms with Gasteiger partial charge in [0, 0.05) is 4.88 Å². The van der Waals surface area contributed by atoms with Crippen LogP contribution in [0.15, 0.2) is 28.7 Å². The van der Waals surface area contributed by atoms with Crippen LogP contribution >= 0.6 is 11.3 Å². The summed E-state index contributed by atoms with van der Waals surface area (Å²) in [5.74, 6) is 0.520. The number of nitrogens with zero attached hydrogens (tertiary/aromatic N) is 2. The van der Waals surface area contributed by atoms with E-state index in [0.29, 0.717) is 12.5 Å². The molecule has 0 radical (unpaired) electrons. The van der Waals surface area contributed by atoms with E-state index >= 15 is 0 Å². The van der Waals surface area contributed by atoms with Crippen LogP contribution in [-0.2, 0) is 10.0 Å². The first-order chi connectivity index (χ1) is 9.01. The minimum Gasteiger partial charge on any atom is -0.477 e. The van der Waals surface area contributed by atoms with Gasteiger partial charge in [0.1, 0.15) is 4.21 Å². The number of anilines is 1. The predicted molar refractivity (Wildman–Crippen MR) is 73.1 cm³/mol. The van der Waals surface area contributed by atoms with Crippen molar-refractivity contribution in [3.8, 4) is 5.88 Å². The zero-order valence-electron chi connectivity index (χ0n) is 10.5. The van der Waals surface area contributed by atoms with Crippen molar-refractivity contribution in [1.29, 1.82) is 0 Å². The molecule has 0 amide bonds. The summed E-state index contributed by atoms with van der Waals surface area (Å²) in [4.78, 5) is 8.81. The van der Waals surface area contributed by atoms with Crippen molar-refractivity contribution in [2.75, 3.05) is 11.3 Å². The molecule has 2 rings (SSSR count). The van der Waals surface area contributed by atoms with Crippen LogP contribution in [0.2, 0.25) is 0 Å². The van der Waals surface area contributed by atoms with Crippen LogP contribution in [0.3, 0.4) is 0 Å². The molecule has 0 bridgehead atoms. The lowest BCUT2D eigenvalue weighted by atomic mass is 10.5. The van der Waals surface area contributed by atoms with E-state index in [-0.39, 0.29) is 10.0 Å². The van der Waals surface area contributed by atoms with Gasteiger partial charge in [-0.2, -0.15) is 0 Å². The monoisotopic (exact) mass is 299 g/mol. The highest BCUT2D eigenvalue weighted by atomic mass is 32.2. The molecule has 0 spiro atoms. The van der Waals surface area contributed by atoms with E-state index in [9.17, 15) is 8.42 Å². The van der Waals surface area contributed by atoms with Crippen LogP contribution < -0.4 is 9.46 Å². The van der Waals surface area contributed by atoms with E-state index < -0.39 is 10.0 Å². The van der Waals surface area contributed by atoms with Gasteiger partial charge in [0.05, 0.1) is 19.0 Å². The summed E-state index contributed by atoms with van der Waals surface area (Å²) in [5.41, 5.74) is 0. The molecule has 0 aliphatic carbocycles. The second-order valence-electron chi connectivity index (χ2n) is 3.64. The Morgan fingerprint density at radius 1 is 1.32 bits per heavy atom. The van der Waals surface area contributed by atoms with Crippen LogP contribution in [0.1, 0.15) is 11.8 Å². The minimum atomic E-state index is -3.59. The number of thiophene rings is 1. The van der Waals surface area contributed by atoms with Crippen molar-refractivity contribution in [1.82, 2.24) is 9.97 Å². The molecule has 0 aromatic carbocycles. The Bertz CT molecular complexity index is 650. The molecule has 6 nitrogen and oxygen atoms in total. The van der Waals surface area contributed by atoms with Gasteiger partial charge in [-0.1, -0.05) is 0 Å². The maximum atomic E-state index is 12.0. The largest absolute Gasteiger partial charge is 0.477 e. The van der Waals surface area contributed by atoms with Gasteiger partial charge in [-0.05, 0) is 26.0 Å². The number of aryl methyl sites for hydroxylation is 1. The maximum Gasteiger partial charge on any atom is 0.272 e. The second kappa shape index (κ2) is 5.54. The van der Waals surface area contributed by atoms with Crippen LogP contribution in [-0.4, -0.2) is 25.0 Å². The molecule has 0 saturated carbocycles. The molecular formula is C11H13N3O3S2. The van der Waals surface area contributed by atoms with Gasteiger partial charge in [0.25, 0.3) is 10.0 Å². The molecular weight excluding hydrogens is 286 g/mol. The number of ether oxygens (including phenoxy) is 1. The number of hydrogen-bond donors (Lipinski definition) is 1. The Hall–Kier alpha value is -1.67. The Labute approximate surface area is 115 Å². The second-order valence-corrected chi connectivity index (χ2v) is 6.84. The highest BCUT2D eigenvalue weighted by Gasteiger charge is 2.17. The van der Waals surface area contributed by atoms with Gasteiger partial charge in [0.2, 0.25) is 5.88 Å². The summed E-state index contributed by atoms with van der Waals surface area (Å²) >= 11 is 1.20. The van der Waals surface area contributed by atoms with Crippen molar-refractivity contribution in [2.45, 2.75) is 18.1 Å². The van der Waals surface area contributed by atoms with Gasteiger partial charge >= 0.3 is 0 Å². The average molecular weight is 299 g/mol. The van der Waals surface area contributed by atoms with E-state index in [0.717, 1.165) is 4.88 Å². The lowest BCUT2D eigenvalue weighted by Crippen LogP contribution is -2.12. The number of nitrogens with one attached hydrogen (secondary N) is 1. The Morgan fingerprint density at radius 2 is 2.11 bits per heavy atom. The topological polar surface area (TPSA) is 81.2 Å². The van der Waals surface area contributed by atoms with E-state index in [4.69, 9.17) is 4.74 Å². The van der Waals surface area contributed by atoms with Gasteiger partial charge in [0.15, 0.2) is 5.82 Å². The lowest BCUT2D eigenvalue weighted by molar-refractivity contribution is 0.325. The number of aromatic nitrogens is 2. The standard InChI is InChI=1S/C11H13N3O3S2/c1-3-17-10-7-12-9(6-13-10)14-19(15,16)11-5-4-8(2)18-11/h4-7H,3H2,1-2H3,(H,12,14). The summed E-state index contributed by atoms with van der Waals surface area (Å²) in [5, 5.41) is 0. The molecule has 102 valence electrons. The summed E-state index contributed by atoms with van der Waals surface area (Å²) in [6.07, 6.45) is 2.70. The Balaban J connectivity index is 2.16. The molecule has 2 heterocycles. The molecule has 0 aliphatic heterocycles. The van der Waals surface area contributed by atoms with Crippen molar-refractivity contribution in [3.05, 3.63) is 29.4 Å². The summed E-state index contributed by atoms with van der Waals surface area (Å²) in [6.45, 7) is 4.16. The highest BCUT2D eigenvalue weighted by molar-refractivity contribution is 7.94. The average Bonchev–Trinajstić information content (AvgIpc) is 2.79. The van der Waals surface area contributed by atoms with E-state index in [1.165, 1.54) is 23.7 Å². The van der Waals surface area contributed by atoms with Crippen molar-refractivity contribution in [3.63, 3.8) is 0 Å². The highest BCUT2D eigenvalue weighted by Crippen LogP contribution is 2.22. The third-order valence-corrected chi connectivity index (χ3v) is 4.99. The zero-order valence-corrected chi connectivity index (χ0v) is 12.1. The predicted octanol–water partition coefficient (Wildman–Crippen LogP) is 2.05. The fourth-order valence-electron chi connectivity index (χ4n) is 1.34. The Morgan fingerprint density at radius 3 is 2.63 bits per heavy atom. The number of hydrogen-bond acceptors (Lipinski definition) is 6. The molecule has 0 aliphatic rings. The van der Waals surface area contributed by atoms with Crippen molar-refractivity contribution < 1.29 is 13.2 Å². The molecule has 0 saturated heterocycles. The summed E-state index contributed by atoms with van der Waals surface area (Å²) < 4.78 is 31.8. The minimum absolute atomic E-state index is 0.162. The summed E-state index contributed by atoms with van der Waals surface area (Å²) in [7, 11) is -3.59. The van der Waals surface area contributed by atoms with Crippen LogP contribution in [0.25, 0.3) is 0 Å². The molecule has 0 fully saturated rings. The maximum absolute atomic E-state index is 12.0. The van der Waals surface area contributed by atoms with Crippen LogP contribution in [0, 0.1) is 6.92 Å². The lowest BCUT2D eigenvalue weighted by Gasteiger charge is -2.05. The number of sulfonamides is 1. The van der Waals surface area contributed by atoms with Gasteiger partial charge < -0.3 is 4.74 Å². The van der Waals surface area contributed by atoms with Crippen molar-refractivity contribution >= 4 is 27.2 Å². The summed E-state index contributed by atoms with van der Waals surface area (Å²) in [6, 6.07) is 3.31. The first-order valence-electron chi connectivity index (χ1n) is 5.55. The fraction of sp³-hybridized carbons (Fsp3) is 0.273. The SMILES string of the molecule is CCOc1cnc(NS(=O)(=O)c2ccc(C)s2)cn1. The zero-order chi connectivity index (χ0) is 13.9. The van der Waals surface area contributed by atoms with Gasteiger partial charge in [-0.25, -0.2) is 18.4 Å². The third-order valence-electron chi connectivity index (χ3n) is 2.14. The van der Waals surface area contributed by atoms with Gasteiger partial charge in [-0.15, -0.1) is 11.3 Å². The fourth-order valence-corrected chi connectivity index (χ4v) is 3.61. The smallest absolute Gasteiger partial charge is 0.272 e. The number of rotatable bonds is 5. The van der Waals surface area contributed by atoms with E-state index in [2.05, 4.69) is 14.7 Å². The van der Waals surface area contributed by atoms with Crippen LogP contribution in [0.5, 0.6) is 5.88 Å². The molecule has 19 heavy (non-hydrogen) atoms. The molecule has 8 heteroatoms.